The molecule has 2 bridgehead atoms. The number of nitrogens with zero attached hydrogens (tertiary/aromatic N) is 1. The number of benzene rings is 1. The van der Waals surface area contributed by atoms with Crippen LogP contribution in [0.25, 0.3) is 12.2 Å². The van der Waals surface area contributed by atoms with Crippen LogP contribution in [0.4, 0.5) is 0 Å². The Hall–Kier alpha value is -2.12. The Morgan fingerprint density at radius 3 is 1.85 bits per heavy atom. The summed E-state index contributed by atoms with van der Waals surface area (Å²) in [5.41, 5.74) is 5.29. The van der Waals surface area contributed by atoms with Crippen LogP contribution in [0.15, 0.2) is 72.9 Å². The zero-order valence-electron chi connectivity index (χ0n) is 11.6. The summed E-state index contributed by atoms with van der Waals surface area (Å²) in [6.07, 6.45) is 13.0. The lowest BCUT2D eigenvalue weighted by molar-refractivity contribution is 0.310. The lowest BCUT2D eigenvalue weighted by Crippen LogP contribution is -2.36. The highest BCUT2D eigenvalue weighted by molar-refractivity contribution is 5.78. The fourth-order valence-electron chi connectivity index (χ4n) is 2.99. The van der Waals surface area contributed by atoms with Crippen molar-refractivity contribution in [3.8, 4) is 0 Å². The van der Waals surface area contributed by atoms with Crippen molar-refractivity contribution in [2.75, 3.05) is 13.1 Å². The summed E-state index contributed by atoms with van der Waals surface area (Å²) in [5.74, 6) is 0. The molecule has 1 aromatic rings. The summed E-state index contributed by atoms with van der Waals surface area (Å²) in [6, 6.07) is 8.86. The SMILES string of the molecule is C=CCN(CC=C)C1C2=Cc3ccccc3C=C1C=C2. The fourth-order valence-corrected chi connectivity index (χ4v) is 2.99. The molecule has 0 atom stereocenters. The summed E-state index contributed by atoms with van der Waals surface area (Å²) in [5, 5.41) is 0. The molecule has 0 aliphatic heterocycles. The normalized spacial score (nSPS) is 16.4. The van der Waals surface area contributed by atoms with Gasteiger partial charge < -0.3 is 0 Å². The highest BCUT2D eigenvalue weighted by Gasteiger charge is 2.28. The lowest BCUT2D eigenvalue weighted by atomic mass is 10.0. The molecule has 0 aromatic heterocycles. The van der Waals surface area contributed by atoms with Crippen molar-refractivity contribution >= 4 is 12.2 Å². The van der Waals surface area contributed by atoms with Crippen molar-refractivity contribution in [1.82, 2.24) is 4.90 Å². The molecule has 0 unspecified atom stereocenters. The Kier molecular flexibility index (Phi) is 3.53. The number of hydrogen-bond acceptors (Lipinski definition) is 1. The molecule has 0 fully saturated rings. The van der Waals surface area contributed by atoms with Gasteiger partial charge >= 0.3 is 0 Å². The highest BCUT2D eigenvalue weighted by Crippen LogP contribution is 2.35. The first-order valence-electron chi connectivity index (χ1n) is 6.99. The van der Waals surface area contributed by atoms with Crippen LogP contribution in [0.3, 0.4) is 0 Å². The fraction of sp³-hybridized carbons (Fsp3) is 0.158. The highest BCUT2D eigenvalue weighted by atomic mass is 15.2. The molecule has 2 aliphatic rings. The van der Waals surface area contributed by atoms with E-state index in [9.17, 15) is 0 Å². The largest absolute Gasteiger partial charge is 0.285 e. The van der Waals surface area contributed by atoms with Crippen molar-refractivity contribution in [3.63, 3.8) is 0 Å². The minimum atomic E-state index is 0.318. The smallest absolute Gasteiger partial charge is 0.0607 e. The van der Waals surface area contributed by atoms with Crippen molar-refractivity contribution in [3.05, 3.63) is 84.0 Å². The van der Waals surface area contributed by atoms with Gasteiger partial charge in [-0.1, -0.05) is 48.6 Å². The molecule has 20 heavy (non-hydrogen) atoms. The van der Waals surface area contributed by atoms with E-state index in [1.165, 1.54) is 22.3 Å². The van der Waals surface area contributed by atoms with E-state index in [1.54, 1.807) is 0 Å². The van der Waals surface area contributed by atoms with Crippen molar-refractivity contribution < 1.29 is 0 Å². The van der Waals surface area contributed by atoms with Crippen LogP contribution < -0.4 is 0 Å². The molecule has 0 N–H and O–H groups in total. The molecule has 0 saturated heterocycles. The maximum Gasteiger partial charge on any atom is 0.0607 e. The van der Waals surface area contributed by atoms with Crippen molar-refractivity contribution in [2.24, 2.45) is 0 Å². The minimum absolute atomic E-state index is 0.318. The molecule has 0 spiro atoms. The van der Waals surface area contributed by atoms with E-state index in [2.05, 4.69) is 66.6 Å². The predicted molar refractivity (Wildman–Crippen MR) is 87.3 cm³/mol. The van der Waals surface area contributed by atoms with Crippen LogP contribution in [0.5, 0.6) is 0 Å². The van der Waals surface area contributed by atoms with Crippen LogP contribution in [0.1, 0.15) is 11.1 Å². The van der Waals surface area contributed by atoms with Crippen LogP contribution in [0, 0.1) is 0 Å². The molecular weight excluding hydrogens is 242 g/mol. The molecule has 0 heterocycles. The van der Waals surface area contributed by atoms with Crippen LogP contribution >= 0.6 is 0 Å². The van der Waals surface area contributed by atoms with Gasteiger partial charge in [0.2, 0.25) is 0 Å². The van der Waals surface area contributed by atoms with Crippen molar-refractivity contribution in [1.29, 1.82) is 0 Å². The Bertz CT molecular complexity index is 578. The molecule has 2 aliphatic carbocycles. The maximum absolute atomic E-state index is 3.88. The van der Waals surface area contributed by atoms with Gasteiger partial charge in [-0.3, -0.25) is 4.90 Å². The van der Waals surface area contributed by atoms with Crippen molar-refractivity contribution in [2.45, 2.75) is 6.04 Å². The van der Waals surface area contributed by atoms with Gasteiger partial charge in [0.15, 0.2) is 0 Å². The van der Waals surface area contributed by atoms with E-state index in [1.807, 2.05) is 12.2 Å². The second-order valence-electron chi connectivity index (χ2n) is 5.18. The maximum atomic E-state index is 3.88. The Morgan fingerprint density at radius 1 is 0.900 bits per heavy atom. The van der Waals surface area contributed by atoms with Crippen LogP contribution in [-0.2, 0) is 0 Å². The van der Waals surface area contributed by atoms with Gasteiger partial charge in [0.1, 0.15) is 0 Å². The number of rotatable bonds is 5. The molecule has 3 rings (SSSR count). The van der Waals surface area contributed by atoms with Crippen LogP contribution in [0.2, 0.25) is 0 Å². The lowest BCUT2D eigenvalue weighted by Gasteiger charge is -2.28. The predicted octanol–water partition coefficient (Wildman–Crippen LogP) is 4.08. The average Bonchev–Trinajstić information content (AvgIpc) is 2.74. The Balaban J connectivity index is 2.04. The second-order valence-corrected chi connectivity index (χ2v) is 5.18. The topological polar surface area (TPSA) is 3.24 Å². The van der Waals surface area contributed by atoms with E-state index < -0.39 is 0 Å². The Labute approximate surface area is 120 Å². The van der Waals surface area contributed by atoms with E-state index in [-0.39, 0.29) is 0 Å². The van der Waals surface area contributed by atoms with Gasteiger partial charge in [-0.05, 0) is 34.4 Å². The summed E-state index contributed by atoms with van der Waals surface area (Å²) in [7, 11) is 0. The second kappa shape index (κ2) is 5.48. The molecule has 1 nitrogen and oxygen atoms in total. The number of hydrogen-bond donors (Lipinski definition) is 0. The quantitative estimate of drug-likeness (QED) is 0.722. The zero-order valence-corrected chi connectivity index (χ0v) is 11.6. The summed E-state index contributed by atoms with van der Waals surface area (Å²) < 4.78 is 0. The summed E-state index contributed by atoms with van der Waals surface area (Å²) in [6.45, 7) is 9.48. The van der Waals surface area contributed by atoms with Gasteiger partial charge in [0, 0.05) is 13.1 Å². The van der Waals surface area contributed by atoms with Gasteiger partial charge in [0.05, 0.1) is 6.04 Å². The standard InChI is InChI=1S/C19H19N/c1-3-11-20(12-4-2)19-17-9-10-18(19)14-16-8-6-5-7-15(16)13-17/h3-10,13-14,19H,1-2,11-12H2. The van der Waals surface area contributed by atoms with E-state index >= 15 is 0 Å². The first kappa shape index (κ1) is 12.9. The third kappa shape index (κ3) is 2.21. The van der Waals surface area contributed by atoms with Gasteiger partial charge in [0.25, 0.3) is 0 Å². The molecule has 100 valence electrons. The minimum Gasteiger partial charge on any atom is -0.285 e. The first-order valence-corrected chi connectivity index (χ1v) is 6.99. The van der Waals surface area contributed by atoms with E-state index in [0.29, 0.717) is 6.04 Å². The number of fused-ring (bicyclic) bond motifs is 3. The zero-order chi connectivity index (χ0) is 13.9. The third-order valence-corrected chi connectivity index (χ3v) is 3.83. The molecule has 0 radical (unpaired) electrons. The molecule has 0 saturated carbocycles. The molecular formula is C19H19N. The van der Waals surface area contributed by atoms with Crippen LogP contribution in [-0.4, -0.2) is 24.0 Å². The van der Waals surface area contributed by atoms with E-state index in [0.717, 1.165) is 13.1 Å². The van der Waals surface area contributed by atoms with E-state index in [4.69, 9.17) is 0 Å². The molecule has 1 heteroatoms. The molecule has 1 aromatic carbocycles. The average molecular weight is 261 g/mol. The Morgan fingerprint density at radius 2 is 1.40 bits per heavy atom. The third-order valence-electron chi connectivity index (χ3n) is 3.83. The first-order chi connectivity index (χ1) is 9.83. The van der Waals surface area contributed by atoms with Gasteiger partial charge in [-0.15, -0.1) is 13.2 Å². The van der Waals surface area contributed by atoms with Gasteiger partial charge in [-0.25, -0.2) is 0 Å². The van der Waals surface area contributed by atoms with Gasteiger partial charge in [-0.2, -0.15) is 0 Å². The summed E-state index contributed by atoms with van der Waals surface area (Å²) >= 11 is 0. The monoisotopic (exact) mass is 261 g/mol. The summed E-state index contributed by atoms with van der Waals surface area (Å²) in [4.78, 5) is 2.39. The molecule has 0 amide bonds.